The van der Waals surface area contributed by atoms with Gasteiger partial charge in [-0.05, 0) is 31.6 Å². The van der Waals surface area contributed by atoms with Gasteiger partial charge in [-0.3, -0.25) is 9.78 Å². The number of fused-ring (bicyclic) bond motifs is 2. The van der Waals surface area contributed by atoms with Crippen molar-refractivity contribution in [2.24, 2.45) is 11.8 Å². The van der Waals surface area contributed by atoms with Gasteiger partial charge in [0.05, 0.1) is 11.1 Å². The third kappa shape index (κ3) is 2.02. The minimum atomic E-state index is 0.0238. The van der Waals surface area contributed by atoms with E-state index >= 15 is 0 Å². The largest absolute Gasteiger partial charge is 0.357 e. The zero-order valence-electron chi connectivity index (χ0n) is 13.5. The van der Waals surface area contributed by atoms with Crippen LogP contribution in [-0.2, 0) is 10.2 Å². The van der Waals surface area contributed by atoms with Crippen molar-refractivity contribution in [2.45, 2.75) is 38.0 Å². The van der Waals surface area contributed by atoms with Crippen molar-refractivity contribution in [3.63, 3.8) is 0 Å². The molecule has 0 unspecified atom stereocenters. The predicted octanol–water partition coefficient (Wildman–Crippen LogP) is 1.83. The van der Waals surface area contributed by atoms with Crippen molar-refractivity contribution in [3.8, 4) is 0 Å². The van der Waals surface area contributed by atoms with Crippen LogP contribution >= 0.6 is 0 Å². The van der Waals surface area contributed by atoms with Gasteiger partial charge in [-0.25, -0.2) is 4.98 Å². The first-order chi connectivity index (χ1) is 10.6. The molecular weight excluding hydrogens is 276 g/mol. The number of likely N-dealkylation sites (tertiary alicyclic amines) is 1. The van der Waals surface area contributed by atoms with E-state index in [4.69, 9.17) is 0 Å². The summed E-state index contributed by atoms with van der Waals surface area (Å²) in [5.74, 6) is 2.41. The Balaban J connectivity index is 1.45. The summed E-state index contributed by atoms with van der Waals surface area (Å²) >= 11 is 0. The molecule has 0 atom stereocenters. The zero-order valence-corrected chi connectivity index (χ0v) is 13.5. The van der Waals surface area contributed by atoms with Gasteiger partial charge in [0.25, 0.3) is 0 Å². The Bertz CT molecular complexity index is 588. The fourth-order valence-corrected chi connectivity index (χ4v) is 4.44. The number of hydrogen-bond donors (Lipinski definition) is 0. The van der Waals surface area contributed by atoms with Gasteiger partial charge < -0.3 is 9.80 Å². The predicted molar refractivity (Wildman–Crippen MR) is 84.7 cm³/mol. The second-order valence-electron chi connectivity index (χ2n) is 7.52. The minimum absolute atomic E-state index is 0.0238. The second-order valence-corrected chi connectivity index (χ2v) is 7.52. The fraction of sp³-hybridized carbons (Fsp3) is 0.706. The highest BCUT2D eigenvalue weighted by Crippen LogP contribution is 2.44. The lowest BCUT2D eigenvalue weighted by Crippen LogP contribution is -2.64. The number of carbonyl (C=O) groups excluding carboxylic acids is 1. The molecule has 1 aliphatic carbocycles. The highest BCUT2D eigenvalue weighted by atomic mass is 16.2. The summed E-state index contributed by atoms with van der Waals surface area (Å²) in [4.78, 5) is 25.9. The maximum absolute atomic E-state index is 12.7. The van der Waals surface area contributed by atoms with Crippen LogP contribution in [0.5, 0.6) is 0 Å². The summed E-state index contributed by atoms with van der Waals surface area (Å²) in [7, 11) is 2.06. The number of rotatable bonds is 1. The van der Waals surface area contributed by atoms with Crippen LogP contribution in [0.2, 0.25) is 0 Å². The Labute approximate surface area is 131 Å². The van der Waals surface area contributed by atoms with Crippen LogP contribution in [0.4, 0.5) is 5.82 Å². The molecule has 3 aliphatic rings. The molecule has 22 heavy (non-hydrogen) atoms. The van der Waals surface area contributed by atoms with E-state index < -0.39 is 0 Å². The van der Waals surface area contributed by atoms with Crippen LogP contribution < -0.4 is 4.90 Å². The number of amides is 1. The van der Waals surface area contributed by atoms with Crippen LogP contribution in [0, 0.1) is 11.8 Å². The van der Waals surface area contributed by atoms with Crippen molar-refractivity contribution in [1.29, 1.82) is 0 Å². The van der Waals surface area contributed by atoms with E-state index in [0.717, 1.165) is 49.9 Å². The van der Waals surface area contributed by atoms with E-state index in [1.54, 1.807) is 12.4 Å². The van der Waals surface area contributed by atoms with Gasteiger partial charge in [-0.2, -0.15) is 0 Å². The lowest BCUT2D eigenvalue weighted by Gasteiger charge is -2.49. The third-order valence-electron chi connectivity index (χ3n) is 5.75. The Morgan fingerprint density at radius 3 is 2.55 bits per heavy atom. The molecule has 2 aliphatic heterocycles. The van der Waals surface area contributed by atoms with Crippen molar-refractivity contribution >= 4 is 11.7 Å². The summed E-state index contributed by atoms with van der Waals surface area (Å²) in [6, 6.07) is 0. The lowest BCUT2D eigenvalue weighted by atomic mass is 9.76. The van der Waals surface area contributed by atoms with E-state index in [0.29, 0.717) is 5.91 Å². The molecule has 3 heterocycles. The molecule has 0 aromatic carbocycles. The number of aromatic nitrogens is 2. The van der Waals surface area contributed by atoms with E-state index in [-0.39, 0.29) is 11.3 Å². The Morgan fingerprint density at radius 2 is 1.82 bits per heavy atom. The molecule has 4 rings (SSSR count). The van der Waals surface area contributed by atoms with Crippen molar-refractivity contribution in [1.82, 2.24) is 14.9 Å². The highest BCUT2D eigenvalue weighted by molar-refractivity contribution is 5.81. The molecule has 5 nitrogen and oxygen atoms in total. The zero-order chi connectivity index (χ0) is 15.3. The first-order valence-corrected chi connectivity index (χ1v) is 8.40. The topological polar surface area (TPSA) is 49.3 Å². The molecular formula is C17H24N4O. The van der Waals surface area contributed by atoms with Crippen LogP contribution in [0.3, 0.4) is 0 Å². The molecule has 1 spiro atoms. The van der Waals surface area contributed by atoms with E-state index in [9.17, 15) is 4.79 Å². The average Bonchev–Trinajstić information content (AvgIpc) is 2.80. The quantitative estimate of drug-likeness (QED) is 0.794. The van der Waals surface area contributed by atoms with E-state index in [2.05, 4.69) is 33.7 Å². The highest BCUT2D eigenvalue weighted by Gasteiger charge is 2.54. The summed E-state index contributed by atoms with van der Waals surface area (Å²) in [6.45, 7) is 4.85. The summed E-state index contributed by atoms with van der Waals surface area (Å²) < 4.78 is 0. The molecule has 5 heteroatoms. The Kier molecular flexibility index (Phi) is 3.13. The van der Waals surface area contributed by atoms with Gasteiger partial charge in [-0.15, -0.1) is 0 Å². The van der Waals surface area contributed by atoms with Gasteiger partial charge in [0.15, 0.2) is 5.82 Å². The van der Waals surface area contributed by atoms with E-state index in [1.807, 2.05) is 0 Å². The Hall–Kier alpha value is -1.65. The van der Waals surface area contributed by atoms with Gasteiger partial charge in [0, 0.05) is 45.0 Å². The lowest BCUT2D eigenvalue weighted by molar-refractivity contribution is -0.144. The number of carbonyl (C=O) groups is 1. The normalized spacial score (nSPS) is 29.4. The molecule has 2 fully saturated rings. The van der Waals surface area contributed by atoms with Gasteiger partial charge in [0.2, 0.25) is 5.91 Å². The molecule has 1 amide bonds. The molecule has 0 radical (unpaired) electrons. The molecule has 0 bridgehead atoms. The van der Waals surface area contributed by atoms with Gasteiger partial charge in [0.1, 0.15) is 0 Å². The van der Waals surface area contributed by atoms with Crippen molar-refractivity contribution < 1.29 is 4.79 Å². The average molecular weight is 300 g/mol. The Morgan fingerprint density at radius 1 is 1.14 bits per heavy atom. The molecule has 1 aromatic rings. The monoisotopic (exact) mass is 300 g/mol. The molecule has 118 valence electrons. The summed E-state index contributed by atoms with van der Waals surface area (Å²) in [5.41, 5.74) is 1.11. The SMILES string of the molecule is CC1CCC(C(=O)N2CC3(C2)CN(C)c2nccnc23)CC1. The van der Waals surface area contributed by atoms with Crippen LogP contribution in [0.1, 0.15) is 38.3 Å². The molecule has 1 saturated heterocycles. The molecule has 0 N–H and O–H groups in total. The minimum Gasteiger partial charge on any atom is -0.357 e. The van der Waals surface area contributed by atoms with Crippen LogP contribution in [0.15, 0.2) is 12.4 Å². The maximum Gasteiger partial charge on any atom is 0.225 e. The maximum atomic E-state index is 12.7. The summed E-state index contributed by atoms with van der Waals surface area (Å²) in [5, 5.41) is 0. The van der Waals surface area contributed by atoms with Gasteiger partial charge >= 0.3 is 0 Å². The second kappa shape index (κ2) is 4.93. The summed E-state index contributed by atoms with van der Waals surface area (Å²) in [6.07, 6.45) is 8.06. The van der Waals surface area contributed by atoms with Gasteiger partial charge in [-0.1, -0.05) is 6.92 Å². The standard InChI is InChI=1S/C17H24N4O/c1-12-3-5-13(6-4-12)16(22)21-10-17(11-21)9-20(2)15-14(17)18-7-8-19-15/h7-8,12-13H,3-6,9-11H2,1-2H3. The number of hydrogen-bond acceptors (Lipinski definition) is 4. The first-order valence-electron chi connectivity index (χ1n) is 8.40. The number of likely N-dealkylation sites (N-methyl/N-ethyl adjacent to an activating group) is 1. The fourth-order valence-electron chi connectivity index (χ4n) is 4.44. The van der Waals surface area contributed by atoms with Crippen molar-refractivity contribution in [3.05, 3.63) is 18.1 Å². The van der Waals surface area contributed by atoms with Crippen LogP contribution in [-0.4, -0.2) is 47.5 Å². The third-order valence-corrected chi connectivity index (χ3v) is 5.75. The number of nitrogens with zero attached hydrogens (tertiary/aromatic N) is 4. The van der Waals surface area contributed by atoms with E-state index in [1.165, 1.54) is 12.8 Å². The molecule has 1 saturated carbocycles. The number of anilines is 1. The first kappa shape index (κ1) is 14.0. The van der Waals surface area contributed by atoms with Crippen LogP contribution in [0.25, 0.3) is 0 Å². The molecule has 1 aromatic heterocycles. The smallest absolute Gasteiger partial charge is 0.225 e. The van der Waals surface area contributed by atoms with Crippen molar-refractivity contribution in [2.75, 3.05) is 31.6 Å².